The fraction of sp³-hybridized carbons (Fsp3) is 0.357. The highest BCUT2D eigenvalue weighted by Crippen LogP contribution is 2.33. The number of fused-ring (bicyclic) bond motifs is 1. The van der Waals surface area contributed by atoms with Gasteiger partial charge < -0.3 is 9.32 Å². The van der Waals surface area contributed by atoms with Crippen molar-refractivity contribution >= 4 is 11.6 Å². The van der Waals surface area contributed by atoms with E-state index in [2.05, 4.69) is 26.0 Å². The van der Waals surface area contributed by atoms with Gasteiger partial charge in [-0.2, -0.15) is 14.6 Å². The number of anilines is 1. The maximum Gasteiger partial charge on any atom is 0.254 e. The number of hydrogen-bond donors (Lipinski definition) is 0. The van der Waals surface area contributed by atoms with Crippen molar-refractivity contribution in [3.63, 3.8) is 0 Å². The van der Waals surface area contributed by atoms with Gasteiger partial charge in [-0.1, -0.05) is 0 Å². The van der Waals surface area contributed by atoms with Crippen LogP contribution in [0, 0.1) is 6.92 Å². The molecule has 4 rings (SSSR count). The number of aromatic nitrogens is 4. The molecular weight excluding hydrogens is 254 g/mol. The fourth-order valence-corrected chi connectivity index (χ4v) is 2.47. The van der Waals surface area contributed by atoms with Crippen LogP contribution in [0.2, 0.25) is 0 Å². The van der Waals surface area contributed by atoms with Crippen LogP contribution in [0.5, 0.6) is 0 Å². The molecule has 0 aromatic carbocycles. The Balaban J connectivity index is 1.79. The third-order valence-electron chi connectivity index (χ3n) is 3.55. The maximum atomic E-state index is 5.48. The molecule has 1 fully saturated rings. The van der Waals surface area contributed by atoms with E-state index in [1.165, 1.54) is 12.8 Å². The molecule has 20 heavy (non-hydrogen) atoms. The molecule has 0 aliphatic heterocycles. The van der Waals surface area contributed by atoms with Gasteiger partial charge in [0.2, 0.25) is 0 Å². The van der Waals surface area contributed by atoms with Crippen LogP contribution in [0.25, 0.3) is 5.78 Å². The molecule has 0 unspecified atom stereocenters. The van der Waals surface area contributed by atoms with E-state index in [4.69, 9.17) is 4.42 Å². The summed E-state index contributed by atoms with van der Waals surface area (Å²) in [6, 6.07) is 6.53. The minimum atomic E-state index is 0.550. The first-order valence-corrected chi connectivity index (χ1v) is 6.78. The standard InChI is InChI=1S/C14H15N5O/c1-10-7-13(19-14(17-10)15-9-16-19)18(11-4-5-11)8-12-3-2-6-20-12/h2-3,6-7,9,11H,4-5,8H2,1H3. The van der Waals surface area contributed by atoms with E-state index in [1.54, 1.807) is 17.1 Å². The lowest BCUT2D eigenvalue weighted by Crippen LogP contribution is -2.27. The van der Waals surface area contributed by atoms with Gasteiger partial charge >= 0.3 is 0 Å². The second kappa shape index (κ2) is 4.33. The Morgan fingerprint density at radius 2 is 2.35 bits per heavy atom. The topological polar surface area (TPSA) is 59.5 Å². The van der Waals surface area contributed by atoms with Gasteiger partial charge in [-0.3, -0.25) is 0 Å². The highest BCUT2D eigenvalue weighted by atomic mass is 16.3. The molecule has 6 heteroatoms. The molecule has 102 valence electrons. The summed E-state index contributed by atoms with van der Waals surface area (Å²) in [5.74, 6) is 2.63. The molecule has 1 saturated carbocycles. The Labute approximate surface area is 116 Å². The summed E-state index contributed by atoms with van der Waals surface area (Å²) < 4.78 is 7.28. The molecule has 3 aromatic rings. The summed E-state index contributed by atoms with van der Waals surface area (Å²) in [6.07, 6.45) is 5.67. The van der Waals surface area contributed by atoms with Gasteiger partial charge in [0.15, 0.2) is 0 Å². The molecule has 0 bridgehead atoms. The number of rotatable bonds is 4. The van der Waals surface area contributed by atoms with E-state index in [1.807, 2.05) is 19.1 Å². The smallest absolute Gasteiger partial charge is 0.254 e. The Kier molecular flexibility index (Phi) is 2.48. The van der Waals surface area contributed by atoms with E-state index >= 15 is 0 Å². The van der Waals surface area contributed by atoms with E-state index in [0.29, 0.717) is 11.8 Å². The molecule has 0 saturated heterocycles. The molecular formula is C14H15N5O. The first-order valence-electron chi connectivity index (χ1n) is 6.78. The number of hydrogen-bond acceptors (Lipinski definition) is 5. The Bertz CT molecular complexity index is 729. The average molecular weight is 269 g/mol. The zero-order chi connectivity index (χ0) is 13.5. The normalized spacial score (nSPS) is 14.8. The second-order valence-electron chi connectivity index (χ2n) is 5.17. The molecule has 3 heterocycles. The third-order valence-corrected chi connectivity index (χ3v) is 3.55. The van der Waals surface area contributed by atoms with E-state index < -0.39 is 0 Å². The van der Waals surface area contributed by atoms with Crippen LogP contribution in [-0.4, -0.2) is 25.6 Å². The van der Waals surface area contributed by atoms with Gasteiger partial charge in [0, 0.05) is 17.8 Å². The first-order chi connectivity index (χ1) is 9.81. The summed E-state index contributed by atoms with van der Waals surface area (Å²) in [5.41, 5.74) is 0.950. The third kappa shape index (κ3) is 1.93. The predicted octanol–water partition coefficient (Wildman–Crippen LogP) is 2.19. The van der Waals surface area contributed by atoms with Gasteiger partial charge in [-0.25, -0.2) is 4.98 Å². The largest absolute Gasteiger partial charge is 0.467 e. The minimum absolute atomic E-state index is 0.550. The molecule has 0 N–H and O–H groups in total. The Morgan fingerprint density at radius 1 is 1.45 bits per heavy atom. The first kappa shape index (κ1) is 11.5. The molecule has 0 amide bonds. The zero-order valence-electron chi connectivity index (χ0n) is 11.2. The van der Waals surface area contributed by atoms with Gasteiger partial charge in [0.25, 0.3) is 5.78 Å². The summed E-state index contributed by atoms with van der Waals surface area (Å²) in [4.78, 5) is 10.9. The van der Waals surface area contributed by atoms with Crippen LogP contribution >= 0.6 is 0 Å². The van der Waals surface area contributed by atoms with E-state index in [0.717, 1.165) is 23.8 Å². The molecule has 1 aliphatic carbocycles. The summed E-state index contributed by atoms with van der Waals surface area (Å²) >= 11 is 0. The lowest BCUT2D eigenvalue weighted by molar-refractivity contribution is 0.499. The number of furan rings is 1. The van der Waals surface area contributed by atoms with Crippen molar-refractivity contribution in [1.29, 1.82) is 0 Å². The van der Waals surface area contributed by atoms with Crippen molar-refractivity contribution in [3.05, 3.63) is 42.2 Å². The maximum absolute atomic E-state index is 5.48. The summed E-state index contributed by atoms with van der Waals surface area (Å²) in [6.45, 7) is 2.73. The summed E-state index contributed by atoms with van der Waals surface area (Å²) in [7, 11) is 0. The molecule has 0 spiro atoms. The SMILES string of the molecule is Cc1cc(N(Cc2ccco2)C2CC2)n2ncnc2n1. The van der Waals surface area contributed by atoms with Crippen LogP contribution in [-0.2, 0) is 6.54 Å². The Hall–Kier alpha value is -2.37. The number of nitrogens with zero attached hydrogens (tertiary/aromatic N) is 5. The van der Waals surface area contributed by atoms with Crippen molar-refractivity contribution in [2.75, 3.05) is 4.90 Å². The molecule has 6 nitrogen and oxygen atoms in total. The second-order valence-corrected chi connectivity index (χ2v) is 5.17. The lowest BCUT2D eigenvalue weighted by atomic mass is 10.3. The van der Waals surface area contributed by atoms with E-state index in [-0.39, 0.29) is 0 Å². The van der Waals surface area contributed by atoms with Crippen LogP contribution < -0.4 is 4.90 Å². The van der Waals surface area contributed by atoms with Crippen LogP contribution in [0.1, 0.15) is 24.3 Å². The highest BCUT2D eigenvalue weighted by Gasteiger charge is 2.31. The molecule has 0 radical (unpaired) electrons. The van der Waals surface area contributed by atoms with E-state index in [9.17, 15) is 0 Å². The predicted molar refractivity (Wildman–Crippen MR) is 73.4 cm³/mol. The van der Waals surface area contributed by atoms with Crippen molar-refractivity contribution in [1.82, 2.24) is 19.6 Å². The number of aryl methyl sites for hydroxylation is 1. The monoisotopic (exact) mass is 269 g/mol. The average Bonchev–Trinajstić information content (AvgIpc) is 2.96. The van der Waals surface area contributed by atoms with Gasteiger partial charge in [0.1, 0.15) is 17.9 Å². The van der Waals surface area contributed by atoms with Crippen LogP contribution in [0.4, 0.5) is 5.82 Å². The highest BCUT2D eigenvalue weighted by molar-refractivity contribution is 5.49. The minimum Gasteiger partial charge on any atom is -0.467 e. The molecule has 3 aromatic heterocycles. The quantitative estimate of drug-likeness (QED) is 0.726. The Morgan fingerprint density at radius 3 is 3.10 bits per heavy atom. The zero-order valence-corrected chi connectivity index (χ0v) is 11.2. The van der Waals surface area contributed by atoms with Crippen LogP contribution in [0.3, 0.4) is 0 Å². The van der Waals surface area contributed by atoms with Gasteiger partial charge in [-0.15, -0.1) is 0 Å². The van der Waals surface area contributed by atoms with Crippen molar-refractivity contribution < 1.29 is 4.42 Å². The molecule has 0 atom stereocenters. The van der Waals surface area contributed by atoms with Crippen molar-refractivity contribution in [2.45, 2.75) is 32.4 Å². The van der Waals surface area contributed by atoms with Crippen LogP contribution in [0.15, 0.2) is 35.2 Å². The van der Waals surface area contributed by atoms with Crippen molar-refractivity contribution in [3.8, 4) is 0 Å². The van der Waals surface area contributed by atoms with Crippen molar-refractivity contribution in [2.24, 2.45) is 0 Å². The lowest BCUT2D eigenvalue weighted by Gasteiger charge is -2.23. The fourth-order valence-electron chi connectivity index (χ4n) is 2.47. The van der Waals surface area contributed by atoms with Gasteiger partial charge in [0.05, 0.1) is 12.8 Å². The summed E-state index contributed by atoms with van der Waals surface area (Å²) in [5, 5.41) is 4.29. The molecule has 1 aliphatic rings. The van der Waals surface area contributed by atoms with Gasteiger partial charge in [-0.05, 0) is 31.9 Å².